The van der Waals surface area contributed by atoms with Crippen molar-refractivity contribution in [3.8, 4) is 11.5 Å². The van der Waals surface area contributed by atoms with Gasteiger partial charge in [0.2, 0.25) is 0 Å². The van der Waals surface area contributed by atoms with Crippen molar-refractivity contribution in [2.45, 2.75) is 58.1 Å². The van der Waals surface area contributed by atoms with Crippen LogP contribution < -0.4 is 14.8 Å². The van der Waals surface area contributed by atoms with Crippen molar-refractivity contribution >= 4 is 5.69 Å². The summed E-state index contributed by atoms with van der Waals surface area (Å²) >= 11 is 0. The first-order chi connectivity index (χ1) is 12.4. The third-order valence-electron chi connectivity index (χ3n) is 4.75. The molecule has 0 bridgehead atoms. The summed E-state index contributed by atoms with van der Waals surface area (Å²) in [5, 5.41) is 3.64. The highest BCUT2D eigenvalue weighted by molar-refractivity contribution is 5.63. The molecule has 5 heteroatoms. The molecule has 1 N–H and O–H groups in total. The summed E-state index contributed by atoms with van der Waals surface area (Å²) in [4.78, 5) is 2.43. The Bertz CT molecular complexity index is 650. The van der Waals surface area contributed by atoms with E-state index in [2.05, 4.69) is 31.0 Å². The highest BCUT2D eigenvalue weighted by Gasteiger charge is 2.30. The zero-order chi connectivity index (χ0) is 18.7. The largest absolute Gasteiger partial charge is 0.493 e. The fourth-order valence-electron chi connectivity index (χ4n) is 3.37. The molecule has 0 atom stereocenters. The number of hydrogen-bond donors (Lipinski definition) is 1. The van der Waals surface area contributed by atoms with Crippen LogP contribution in [0.4, 0.5) is 5.69 Å². The third kappa shape index (κ3) is 4.57. The molecule has 1 saturated heterocycles. The number of nitrogens with one attached hydrogen (secondary N) is 1. The van der Waals surface area contributed by atoms with Gasteiger partial charge in [-0.3, -0.25) is 0 Å². The molecular formula is C21H32N2O3. The van der Waals surface area contributed by atoms with E-state index in [1.165, 1.54) is 18.4 Å². The molecule has 3 rings (SSSR count). The number of likely N-dealkylation sites (tertiary alicyclic amines) is 1. The lowest BCUT2D eigenvalue weighted by Crippen LogP contribution is -2.40. The van der Waals surface area contributed by atoms with Gasteiger partial charge in [0, 0.05) is 19.1 Å². The Morgan fingerprint density at radius 2 is 1.77 bits per heavy atom. The minimum absolute atomic E-state index is 0.145. The van der Waals surface area contributed by atoms with Crippen molar-refractivity contribution in [1.82, 2.24) is 4.90 Å². The summed E-state index contributed by atoms with van der Waals surface area (Å²) in [6.07, 6.45) is 4.52. The number of piperidine rings is 1. The standard InChI is InChI=1S/C21H32N2O3/c1-21(2,3)26-20(15-9-10-15)23-13-11-16(12-14-23)22-17-7-6-8-18(24-4)19(17)25-5/h6-8,16,22H,9-14H2,1-5H3. The Balaban J connectivity index is 1.62. The Morgan fingerprint density at radius 1 is 1.08 bits per heavy atom. The Kier molecular flexibility index (Phi) is 5.54. The maximum absolute atomic E-state index is 6.27. The van der Waals surface area contributed by atoms with E-state index >= 15 is 0 Å². The van der Waals surface area contributed by atoms with Crippen molar-refractivity contribution in [3.63, 3.8) is 0 Å². The van der Waals surface area contributed by atoms with E-state index in [-0.39, 0.29) is 5.60 Å². The van der Waals surface area contributed by atoms with Crippen LogP contribution in [0.25, 0.3) is 0 Å². The molecule has 1 heterocycles. The monoisotopic (exact) mass is 360 g/mol. The van der Waals surface area contributed by atoms with Gasteiger partial charge in [-0.2, -0.15) is 0 Å². The predicted molar refractivity (Wildman–Crippen MR) is 105 cm³/mol. The summed E-state index contributed by atoms with van der Waals surface area (Å²) < 4.78 is 17.2. The second kappa shape index (κ2) is 7.68. The number of nitrogens with zero attached hydrogens (tertiary/aromatic N) is 1. The van der Waals surface area contributed by atoms with E-state index in [1.807, 2.05) is 18.2 Å². The lowest BCUT2D eigenvalue weighted by molar-refractivity contribution is -0.00470. The molecule has 2 fully saturated rings. The van der Waals surface area contributed by atoms with E-state index in [4.69, 9.17) is 14.2 Å². The van der Waals surface area contributed by atoms with Crippen LogP contribution in [-0.4, -0.2) is 43.9 Å². The van der Waals surface area contributed by atoms with Gasteiger partial charge in [0.1, 0.15) is 5.60 Å². The van der Waals surface area contributed by atoms with Crippen LogP contribution in [0.1, 0.15) is 46.5 Å². The predicted octanol–water partition coefficient (Wildman–Crippen LogP) is 4.40. The van der Waals surface area contributed by atoms with Gasteiger partial charge in [0.15, 0.2) is 17.4 Å². The lowest BCUT2D eigenvalue weighted by Gasteiger charge is -2.38. The van der Waals surface area contributed by atoms with Crippen molar-refractivity contribution in [1.29, 1.82) is 0 Å². The maximum atomic E-state index is 6.27. The van der Waals surface area contributed by atoms with Crippen molar-refractivity contribution in [2.75, 3.05) is 32.6 Å². The molecule has 5 nitrogen and oxygen atoms in total. The first-order valence-corrected chi connectivity index (χ1v) is 9.55. The summed E-state index contributed by atoms with van der Waals surface area (Å²) in [7, 11) is 3.35. The molecule has 1 saturated carbocycles. The van der Waals surface area contributed by atoms with Gasteiger partial charge in [0.05, 0.1) is 19.9 Å². The van der Waals surface area contributed by atoms with Crippen LogP contribution in [0.2, 0.25) is 0 Å². The molecular weight excluding hydrogens is 328 g/mol. The van der Waals surface area contributed by atoms with Gasteiger partial charge < -0.3 is 24.4 Å². The minimum atomic E-state index is -0.145. The molecule has 144 valence electrons. The van der Waals surface area contributed by atoms with E-state index in [1.54, 1.807) is 14.2 Å². The first-order valence-electron chi connectivity index (χ1n) is 9.55. The SMILES string of the molecule is COc1cccc(NC2CCN(C(OC(C)(C)C)=C3CC3)CC2)c1OC. The van der Waals surface area contributed by atoms with Crippen LogP contribution in [0.3, 0.4) is 0 Å². The van der Waals surface area contributed by atoms with E-state index in [0.29, 0.717) is 6.04 Å². The Hall–Kier alpha value is -2.04. The number of para-hydroxylation sites is 1. The number of hydrogen-bond acceptors (Lipinski definition) is 5. The van der Waals surface area contributed by atoms with Crippen LogP contribution in [0.5, 0.6) is 11.5 Å². The van der Waals surface area contributed by atoms with E-state index < -0.39 is 0 Å². The lowest BCUT2D eigenvalue weighted by atomic mass is 10.0. The fraction of sp³-hybridized carbons (Fsp3) is 0.619. The second-order valence-electron chi connectivity index (χ2n) is 8.07. The van der Waals surface area contributed by atoms with Gasteiger partial charge in [0.25, 0.3) is 0 Å². The maximum Gasteiger partial charge on any atom is 0.188 e. The van der Waals surface area contributed by atoms with Gasteiger partial charge >= 0.3 is 0 Å². The molecule has 1 aliphatic carbocycles. The molecule has 1 aromatic rings. The van der Waals surface area contributed by atoms with Gasteiger partial charge in [-0.15, -0.1) is 0 Å². The average Bonchev–Trinajstić information content (AvgIpc) is 3.44. The zero-order valence-corrected chi connectivity index (χ0v) is 16.7. The van der Waals surface area contributed by atoms with Crippen molar-refractivity contribution < 1.29 is 14.2 Å². The molecule has 2 aliphatic rings. The Morgan fingerprint density at radius 3 is 2.31 bits per heavy atom. The summed E-state index contributed by atoms with van der Waals surface area (Å²) in [6, 6.07) is 6.39. The summed E-state index contributed by atoms with van der Waals surface area (Å²) in [5.74, 6) is 2.67. The fourth-order valence-corrected chi connectivity index (χ4v) is 3.37. The molecule has 0 aromatic heterocycles. The first kappa shape index (κ1) is 18.7. The second-order valence-corrected chi connectivity index (χ2v) is 8.07. The van der Waals surface area contributed by atoms with Gasteiger partial charge in [-0.05, 0) is 64.2 Å². The smallest absolute Gasteiger partial charge is 0.188 e. The molecule has 0 radical (unpaired) electrons. The zero-order valence-electron chi connectivity index (χ0n) is 16.7. The number of anilines is 1. The van der Waals surface area contributed by atoms with Crippen LogP contribution in [0, 0.1) is 0 Å². The number of methoxy groups -OCH3 is 2. The molecule has 26 heavy (non-hydrogen) atoms. The molecule has 0 unspecified atom stereocenters. The van der Waals surface area contributed by atoms with E-state index in [9.17, 15) is 0 Å². The van der Waals surface area contributed by atoms with E-state index in [0.717, 1.165) is 49.0 Å². The van der Waals surface area contributed by atoms with Crippen LogP contribution in [-0.2, 0) is 4.74 Å². The number of ether oxygens (including phenoxy) is 3. The summed E-state index contributed by atoms with van der Waals surface area (Å²) in [5.41, 5.74) is 2.33. The highest BCUT2D eigenvalue weighted by atomic mass is 16.5. The normalized spacial score (nSPS) is 17.7. The molecule has 1 aliphatic heterocycles. The highest BCUT2D eigenvalue weighted by Crippen LogP contribution is 2.38. The number of benzene rings is 1. The molecule has 0 spiro atoms. The quantitative estimate of drug-likeness (QED) is 0.762. The van der Waals surface area contributed by atoms with Crippen LogP contribution in [0.15, 0.2) is 29.7 Å². The Labute approximate surface area is 157 Å². The van der Waals surface area contributed by atoms with Gasteiger partial charge in [-0.1, -0.05) is 6.07 Å². The minimum Gasteiger partial charge on any atom is -0.493 e. The number of rotatable bonds is 6. The summed E-state index contributed by atoms with van der Waals surface area (Å²) in [6.45, 7) is 8.40. The van der Waals surface area contributed by atoms with Crippen molar-refractivity contribution in [2.24, 2.45) is 0 Å². The molecule has 0 amide bonds. The number of allylic oxidation sites excluding steroid dienone is 1. The van der Waals surface area contributed by atoms with Crippen LogP contribution >= 0.6 is 0 Å². The molecule has 1 aromatic carbocycles. The van der Waals surface area contributed by atoms with Crippen molar-refractivity contribution in [3.05, 3.63) is 29.7 Å². The average molecular weight is 360 g/mol. The topological polar surface area (TPSA) is 43.0 Å². The van der Waals surface area contributed by atoms with Gasteiger partial charge in [-0.25, -0.2) is 0 Å². The third-order valence-corrected chi connectivity index (χ3v) is 4.75.